The number of carbonyl (C=O) groups is 1. The van der Waals surface area contributed by atoms with E-state index in [1.807, 2.05) is 0 Å². The maximum absolute atomic E-state index is 12.5. The Morgan fingerprint density at radius 3 is 2.32 bits per heavy atom. The molecule has 0 radical (unpaired) electrons. The second-order valence-corrected chi connectivity index (χ2v) is 14.3. The van der Waals surface area contributed by atoms with Gasteiger partial charge in [0.05, 0.1) is 12.2 Å². The largest absolute Gasteiger partial charge is 0.393 e. The summed E-state index contributed by atoms with van der Waals surface area (Å²) in [4.78, 5) is 12.5. The lowest BCUT2D eigenvalue weighted by atomic mass is 9.43. The lowest BCUT2D eigenvalue weighted by molar-refractivity contribution is -0.174. The van der Waals surface area contributed by atoms with Crippen molar-refractivity contribution in [3.63, 3.8) is 0 Å². The van der Waals surface area contributed by atoms with Gasteiger partial charge in [0, 0.05) is 13.0 Å². The van der Waals surface area contributed by atoms with E-state index in [0.29, 0.717) is 36.0 Å². The highest BCUT2D eigenvalue weighted by Crippen LogP contribution is 2.68. The molecule has 196 valence electrons. The van der Waals surface area contributed by atoms with Crippen LogP contribution in [0.3, 0.4) is 0 Å². The molecule has 0 amide bonds. The van der Waals surface area contributed by atoms with E-state index in [1.165, 1.54) is 0 Å². The molecule has 0 spiro atoms. The Balaban J connectivity index is 1.46. The van der Waals surface area contributed by atoms with Crippen molar-refractivity contribution >= 4 is 15.9 Å². The molecule has 7 nitrogen and oxygen atoms in total. The zero-order valence-electron chi connectivity index (χ0n) is 21.0. The fourth-order valence-corrected chi connectivity index (χ4v) is 10.0. The predicted molar refractivity (Wildman–Crippen MR) is 130 cm³/mol. The Morgan fingerprint density at radius 1 is 1.03 bits per heavy atom. The molecule has 0 aromatic heterocycles. The van der Waals surface area contributed by atoms with E-state index in [-0.39, 0.29) is 35.4 Å². The third-order valence-corrected chi connectivity index (χ3v) is 12.4. The van der Waals surface area contributed by atoms with Crippen molar-refractivity contribution in [3.8, 4) is 0 Å². The second-order valence-electron chi connectivity index (χ2n) is 12.7. The summed E-state index contributed by atoms with van der Waals surface area (Å²) >= 11 is 0. The van der Waals surface area contributed by atoms with Crippen LogP contribution in [0.15, 0.2) is 0 Å². The average molecular weight is 500 g/mol. The maximum atomic E-state index is 12.5. The summed E-state index contributed by atoms with van der Waals surface area (Å²) in [6, 6.07) is 0. The van der Waals surface area contributed by atoms with Crippen LogP contribution in [0, 0.1) is 46.3 Å². The SMILES string of the molecule is CC(CCC(=O)C(CN)S(=O)(=O)O)C1CCC2C3C(O)CC4CC(O)CCC4(C)C3CCC12C. The van der Waals surface area contributed by atoms with E-state index >= 15 is 0 Å². The smallest absolute Gasteiger partial charge is 0.276 e. The normalized spacial score (nSPS) is 46.1. The van der Waals surface area contributed by atoms with Crippen LogP contribution in [-0.2, 0) is 14.9 Å². The van der Waals surface area contributed by atoms with Crippen LogP contribution in [0.1, 0.15) is 85.0 Å². The van der Waals surface area contributed by atoms with E-state index in [0.717, 1.165) is 51.4 Å². The molecular formula is C26H45NO6S. The van der Waals surface area contributed by atoms with E-state index in [2.05, 4.69) is 20.8 Å². The number of nitrogens with two attached hydrogens (primary N) is 1. The Bertz CT molecular complexity index is 879. The Kier molecular flexibility index (Phi) is 7.33. The quantitative estimate of drug-likeness (QED) is 0.395. The fourth-order valence-electron chi connectivity index (χ4n) is 9.33. The summed E-state index contributed by atoms with van der Waals surface area (Å²) in [5.41, 5.74) is 5.75. The van der Waals surface area contributed by atoms with Gasteiger partial charge in [-0.15, -0.1) is 0 Å². The number of hydrogen-bond acceptors (Lipinski definition) is 6. The molecule has 0 aromatic carbocycles. The number of aliphatic hydroxyl groups excluding tert-OH is 2. The minimum absolute atomic E-state index is 0.108. The van der Waals surface area contributed by atoms with Crippen LogP contribution in [-0.4, -0.2) is 53.0 Å². The number of Topliss-reactive ketones (excluding diaryl/α,β-unsaturated/α-hetero) is 1. The molecule has 11 unspecified atom stereocenters. The predicted octanol–water partition coefficient (Wildman–Crippen LogP) is 3.18. The summed E-state index contributed by atoms with van der Waals surface area (Å²) in [5, 5.41) is 20.1. The summed E-state index contributed by atoms with van der Waals surface area (Å²) in [6.07, 6.45) is 8.09. The molecule has 5 N–H and O–H groups in total. The molecule has 4 fully saturated rings. The first-order valence-corrected chi connectivity index (χ1v) is 14.9. The van der Waals surface area contributed by atoms with Crippen molar-refractivity contribution in [1.82, 2.24) is 0 Å². The van der Waals surface area contributed by atoms with Gasteiger partial charge >= 0.3 is 0 Å². The van der Waals surface area contributed by atoms with E-state index in [4.69, 9.17) is 5.73 Å². The summed E-state index contributed by atoms with van der Waals surface area (Å²) < 4.78 is 32.2. The van der Waals surface area contributed by atoms with Crippen molar-refractivity contribution < 1.29 is 28.0 Å². The number of fused-ring (bicyclic) bond motifs is 5. The van der Waals surface area contributed by atoms with Gasteiger partial charge in [-0.2, -0.15) is 8.42 Å². The van der Waals surface area contributed by atoms with Crippen LogP contribution >= 0.6 is 0 Å². The molecule has 0 saturated heterocycles. The minimum atomic E-state index is -4.47. The third kappa shape index (κ3) is 4.40. The van der Waals surface area contributed by atoms with E-state index in [1.54, 1.807) is 0 Å². The van der Waals surface area contributed by atoms with Crippen molar-refractivity contribution in [2.75, 3.05) is 6.54 Å². The van der Waals surface area contributed by atoms with Gasteiger partial charge in [-0.25, -0.2) is 0 Å². The molecule has 8 heteroatoms. The van der Waals surface area contributed by atoms with Gasteiger partial charge < -0.3 is 15.9 Å². The third-order valence-electron chi connectivity index (χ3n) is 11.2. The van der Waals surface area contributed by atoms with Gasteiger partial charge in [0.2, 0.25) is 0 Å². The molecule has 4 rings (SSSR count). The average Bonchev–Trinajstić information content (AvgIpc) is 3.10. The lowest BCUT2D eigenvalue weighted by Gasteiger charge is -2.62. The van der Waals surface area contributed by atoms with Crippen LogP contribution < -0.4 is 5.73 Å². The van der Waals surface area contributed by atoms with Gasteiger partial charge in [-0.05, 0) is 104 Å². The number of ketones is 1. The zero-order valence-corrected chi connectivity index (χ0v) is 21.8. The molecule has 0 bridgehead atoms. The zero-order chi connectivity index (χ0) is 25.1. The van der Waals surface area contributed by atoms with E-state index < -0.39 is 27.7 Å². The molecule has 4 saturated carbocycles. The van der Waals surface area contributed by atoms with Crippen molar-refractivity contribution in [3.05, 3.63) is 0 Å². The standard InChI is InChI=1S/C26H45NO6S/c1-15(4-7-21(29)23(14-27)34(31,32)33)18-5-6-19-24-20(9-11-26(18,19)3)25(2)10-8-17(28)12-16(25)13-22(24)30/h15-20,22-24,28,30H,4-14,27H2,1-3H3,(H,31,32,33). The summed E-state index contributed by atoms with van der Waals surface area (Å²) in [6.45, 7) is 6.57. The molecule has 0 aromatic rings. The molecule has 0 heterocycles. The van der Waals surface area contributed by atoms with Crippen molar-refractivity contribution in [1.29, 1.82) is 0 Å². The van der Waals surface area contributed by atoms with Gasteiger partial charge in [-0.1, -0.05) is 20.8 Å². The Morgan fingerprint density at radius 2 is 1.68 bits per heavy atom. The minimum Gasteiger partial charge on any atom is -0.393 e. The maximum Gasteiger partial charge on any atom is 0.276 e. The molecular weight excluding hydrogens is 454 g/mol. The van der Waals surface area contributed by atoms with E-state index in [9.17, 15) is 28.0 Å². The Labute approximate surface area is 205 Å². The van der Waals surface area contributed by atoms with Gasteiger partial charge in [0.25, 0.3) is 10.1 Å². The van der Waals surface area contributed by atoms with Crippen molar-refractivity contribution in [2.24, 2.45) is 52.1 Å². The highest BCUT2D eigenvalue weighted by molar-refractivity contribution is 7.87. The summed E-state index contributed by atoms with van der Waals surface area (Å²) in [5.74, 6) is 1.85. The number of hydrogen-bond donors (Lipinski definition) is 4. The van der Waals surface area contributed by atoms with Gasteiger partial charge in [0.15, 0.2) is 11.0 Å². The second kappa shape index (κ2) is 9.40. The molecule has 34 heavy (non-hydrogen) atoms. The first-order valence-electron chi connectivity index (χ1n) is 13.4. The fraction of sp³-hybridized carbons (Fsp3) is 0.962. The monoisotopic (exact) mass is 499 g/mol. The van der Waals surface area contributed by atoms with Gasteiger partial charge in [-0.3, -0.25) is 9.35 Å². The first-order chi connectivity index (χ1) is 15.8. The number of carbonyl (C=O) groups excluding carboxylic acids is 1. The molecule has 4 aliphatic carbocycles. The molecule has 11 atom stereocenters. The highest BCUT2D eigenvalue weighted by Gasteiger charge is 2.62. The molecule has 4 aliphatic rings. The first kappa shape index (κ1) is 26.5. The van der Waals surface area contributed by atoms with Gasteiger partial charge in [0.1, 0.15) is 0 Å². The number of aliphatic hydroxyl groups is 2. The lowest BCUT2D eigenvalue weighted by Crippen LogP contribution is -2.58. The van der Waals surface area contributed by atoms with Crippen LogP contribution in [0.4, 0.5) is 0 Å². The summed E-state index contributed by atoms with van der Waals surface area (Å²) in [7, 11) is -4.47. The van der Waals surface area contributed by atoms with Crippen LogP contribution in [0.25, 0.3) is 0 Å². The number of rotatable bonds is 7. The van der Waals surface area contributed by atoms with Crippen LogP contribution in [0.2, 0.25) is 0 Å². The van der Waals surface area contributed by atoms with Crippen molar-refractivity contribution in [2.45, 2.75) is 102 Å². The topological polar surface area (TPSA) is 138 Å². The molecule has 0 aliphatic heterocycles. The Hall–Kier alpha value is -0.540. The van der Waals surface area contributed by atoms with Crippen LogP contribution in [0.5, 0.6) is 0 Å². The highest BCUT2D eigenvalue weighted by atomic mass is 32.2.